The summed E-state index contributed by atoms with van der Waals surface area (Å²) in [6, 6.07) is 10.8. The summed E-state index contributed by atoms with van der Waals surface area (Å²) in [7, 11) is 3.13. The monoisotopic (exact) mass is 363 g/mol. The van der Waals surface area contributed by atoms with Crippen LogP contribution in [0.25, 0.3) is 21.9 Å². The highest BCUT2D eigenvalue weighted by Gasteiger charge is 2.11. The average molecular weight is 363 g/mol. The zero-order chi connectivity index (χ0) is 18.8. The largest absolute Gasteiger partial charge is 0.504 e. The quantitative estimate of drug-likeness (QED) is 0.371. The number of fused-ring (bicyclic) bond motifs is 3. The van der Waals surface area contributed by atoms with E-state index >= 15 is 0 Å². The predicted molar refractivity (Wildman–Crippen MR) is 104 cm³/mol. The summed E-state index contributed by atoms with van der Waals surface area (Å²) in [5.74, 6) is 1.76. The van der Waals surface area contributed by atoms with Crippen LogP contribution < -0.4 is 14.9 Å². The number of methoxy groups -OCH3 is 2. The molecule has 0 saturated carbocycles. The van der Waals surface area contributed by atoms with Gasteiger partial charge in [-0.1, -0.05) is 0 Å². The lowest BCUT2D eigenvalue weighted by atomic mass is 10.2. The normalized spacial score (nSPS) is 11.3. The zero-order valence-electron chi connectivity index (χ0n) is 14.7. The topological polar surface area (TPSA) is 105 Å². The van der Waals surface area contributed by atoms with Gasteiger partial charge in [-0.05, 0) is 35.9 Å². The zero-order valence-corrected chi connectivity index (χ0v) is 14.7. The summed E-state index contributed by atoms with van der Waals surface area (Å²) >= 11 is 0. The number of ether oxygens (including phenoxy) is 2. The fourth-order valence-corrected chi connectivity index (χ4v) is 2.84. The second-order valence-corrected chi connectivity index (χ2v) is 5.78. The molecule has 0 saturated heterocycles. The van der Waals surface area contributed by atoms with Crippen molar-refractivity contribution in [3.05, 3.63) is 48.3 Å². The molecule has 0 fully saturated rings. The fourth-order valence-electron chi connectivity index (χ4n) is 2.84. The number of hydrazone groups is 1. The smallest absolute Gasteiger partial charge is 0.174 e. The highest BCUT2D eigenvalue weighted by atomic mass is 16.5. The first kappa shape index (κ1) is 16.6. The van der Waals surface area contributed by atoms with Crippen LogP contribution >= 0.6 is 0 Å². The summed E-state index contributed by atoms with van der Waals surface area (Å²) in [4.78, 5) is 11.9. The number of aromatic hydroxyl groups is 1. The van der Waals surface area contributed by atoms with Gasteiger partial charge in [0, 0.05) is 11.5 Å². The Balaban J connectivity index is 1.64. The molecule has 2 aromatic heterocycles. The first-order valence-electron chi connectivity index (χ1n) is 8.16. The van der Waals surface area contributed by atoms with E-state index in [0.717, 1.165) is 27.7 Å². The van der Waals surface area contributed by atoms with Crippen LogP contribution in [-0.2, 0) is 0 Å². The summed E-state index contributed by atoms with van der Waals surface area (Å²) in [5.41, 5.74) is 6.07. The van der Waals surface area contributed by atoms with E-state index in [4.69, 9.17) is 9.47 Å². The SMILES string of the molecule is COc1ccc2c(c1)[nH]c1c(NN=Cc3ccc(OC)c(O)c3)ncnc12. The second-order valence-electron chi connectivity index (χ2n) is 5.78. The molecule has 8 heteroatoms. The van der Waals surface area contributed by atoms with Gasteiger partial charge in [-0.25, -0.2) is 9.97 Å². The van der Waals surface area contributed by atoms with Gasteiger partial charge in [-0.15, -0.1) is 0 Å². The molecular weight excluding hydrogens is 346 g/mol. The molecule has 136 valence electrons. The number of H-pyrrole nitrogens is 1. The maximum atomic E-state index is 9.83. The van der Waals surface area contributed by atoms with E-state index in [1.54, 1.807) is 31.5 Å². The summed E-state index contributed by atoms with van der Waals surface area (Å²) in [5, 5.41) is 15.0. The van der Waals surface area contributed by atoms with Crippen molar-refractivity contribution < 1.29 is 14.6 Å². The molecular formula is C19H17N5O3. The Morgan fingerprint density at radius 1 is 1.11 bits per heavy atom. The van der Waals surface area contributed by atoms with Gasteiger partial charge in [0.15, 0.2) is 17.3 Å². The molecule has 8 nitrogen and oxygen atoms in total. The Hall–Kier alpha value is -3.81. The van der Waals surface area contributed by atoms with Gasteiger partial charge in [0.25, 0.3) is 0 Å². The predicted octanol–water partition coefficient (Wildman–Crippen LogP) is 3.28. The van der Waals surface area contributed by atoms with Crippen molar-refractivity contribution in [1.29, 1.82) is 0 Å². The van der Waals surface area contributed by atoms with E-state index in [1.165, 1.54) is 13.4 Å². The van der Waals surface area contributed by atoms with E-state index < -0.39 is 0 Å². The van der Waals surface area contributed by atoms with Gasteiger partial charge >= 0.3 is 0 Å². The van der Waals surface area contributed by atoms with Crippen LogP contribution in [-0.4, -0.2) is 40.5 Å². The molecule has 27 heavy (non-hydrogen) atoms. The molecule has 0 bridgehead atoms. The van der Waals surface area contributed by atoms with Crippen LogP contribution in [0.15, 0.2) is 47.8 Å². The number of hydrogen-bond acceptors (Lipinski definition) is 7. The molecule has 4 aromatic rings. The van der Waals surface area contributed by atoms with Crippen LogP contribution in [0.1, 0.15) is 5.56 Å². The van der Waals surface area contributed by atoms with Crippen LogP contribution in [0.5, 0.6) is 17.2 Å². The minimum atomic E-state index is 0.0513. The number of nitrogens with one attached hydrogen (secondary N) is 2. The number of aromatic amines is 1. The van der Waals surface area contributed by atoms with Gasteiger partial charge in [0.05, 0.1) is 26.0 Å². The van der Waals surface area contributed by atoms with Gasteiger partial charge < -0.3 is 19.6 Å². The first-order valence-corrected chi connectivity index (χ1v) is 8.16. The van der Waals surface area contributed by atoms with Crippen molar-refractivity contribution in [3.63, 3.8) is 0 Å². The number of hydrogen-bond donors (Lipinski definition) is 3. The van der Waals surface area contributed by atoms with Gasteiger partial charge in [-0.3, -0.25) is 5.43 Å². The van der Waals surface area contributed by atoms with Gasteiger partial charge in [0.2, 0.25) is 0 Å². The van der Waals surface area contributed by atoms with E-state index in [1.807, 2.05) is 18.2 Å². The molecule has 0 atom stereocenters. The Labute approximate surface area is 154 Å². The molecule has 3 N–H and O–H groups in total. The highest BCUT2D eigenvalue weighted by Crippen LogP contribution is 2.29. The van der Waals surface area contributed by atoms with Crippen molar-refractivity contribution in [2.75, 3.05) is 19.6 Å². The average Bonchev–Trinajstić information content (AvgIpc) is 3.06. The molecule has 4 rings (SSSR count). The van der Waals surface area contributed by atoms with E-state index in [9.17, 15) is 5.11 Å². The minimum Gasteiger partial charge on any atom is -0.504 e. The lowest BCUT2D eigenvalue weighted by molar-refractivity contribution is 0.373. The molecule has 2 heterocycles. The number of phenols is 1. The Morgan fingerprint density at radius 3 is 2.78 bits per heavy atom. The molecule has 2 aromatic carbocycles. The maximum absolute atomic E-state index is 9.83. The Kier molecular flexibility index (Phi) is 4.21. The standard InChI is InChI=1S/C19H17N5O3/c1-26-12-4-5-13-14(8-12)23-18-17(13)20-10-21-19(18)24-22-9-11-3-6-16(27-2)15(25)7-11/h3-10,23,25H,1-2H3,(H,20,21,24). The minimum absolute atomic E-state index is 0.0513. The maximum Gasteiger partial charge on any atom is 0.174 e. The number of nitrogens with zero attached hydrogens (tertiary/aromatic N) is 3. The van der Waals surface area contributed by atoms with E-state index in [0.29, 0.717) is 17.1 Å². The number of phenolic OH excluding ortho intramolecular Hbond substituents is 1. The molecule has 0 radical (unpaired) electrons. The van der Waals surface area contributed by atoms with Crippen LogP contribution in [0, 0.1) is 0 Å². The van der Waals surface area contributed by atoms with Crippen LogP contribution in [0.2, 0.25) is 0 Å². The Morgan fingerprint density at radius 2 is 2.00 bits per heavy atom. The molecule has 0 amide bonds. The number of anilines is 1. The molecule has 0 spiro atoms. The molecule has 0 unspecified atom stereocenters. The summed E-state index contributed by atoms with van der Waals surface area (Å²) in [6.07, 6.45) is 3.07. The lowest BCUT2D eigenvalue weighted by Crippen LogP contribution is -1.95. The van der Waals surface area contributed by atoms with Crippen molar-refractivity contribution in [2.45, 2.75) is 0 Å². The molecule has 0 aliphatic rings. The number of benzene rings is 2. The van der Waals surface area contributed by atoms with Crippen molar-refractivity contribution in [2.24, 2.45) is 5.10 Å². The van der Waals surface area contributed by atoms with Crippen LogP contribution in [0.4, 0.5) is 5.82 Å². The second kappa shape index (κ2) is 6.83. The first-order chi connectivity index (χ1) is 13.2. The third kappa shape index (κ3) is 3.08. The molecule has 0 aliphatic heterocycles. The van der Waals surface area contributed by atoms with Gasteiger partial charge in [0.1, 0.15) is 23.1 Å². The van der Waals surface area contributed by atoms with Crippen molar-refractivity contribution >= 4 is 34.0 Å². The number of rotatable bonds is 5. The van der Waals surface area contributed by atoms with E-state index in [2.05, 4.69) is 25.5 Å². The highest BCUT2D eigenvalue weighted by molar-refractivity contribution is 6.08. The molecule has 0 aliphatic carbocycles. The fraction of sp³-hybridized carbons (Fsp3) is 0.105. The summed E-state index contributed by atoms with van der Waals surface area (Å²) in [6.45, 7) is 0. The summed E-state index contributed by atoms with van der Waals surface area (Å²) < 4.78 is 10.3. The Bertz CT molecular complexity index is 1150. The van der Waals surface area contributed by atoms with E-state index in [-0.39, 0.29) is 5.75 Å². The third-order valence-corrected chi connectivity index (χ3v) is 4.18. The van der Waals surface area contributed by atoms with Crippen molar-refractivity contribution in [1.82, 2.24) is 15.0 Å². The third-order valence-electron chi connectivity index (χ3n) is 4.18. The number of aromatic nitrogens is 3. The van der Waals surface area contributed by atoms with Gasteiger partial charge in [-0.2, -0.15) is 5.10 Å². The van der Waals surface area contributed by atoms with Crippen LogP contribution in [0.3, 0.4) is 0 Å². The van der Waals surface area contributed by atoms with Crippen molar-refractivity contribution in [3.8, 4) is 17.2 Å². The lowest BCUT2D eigenvalue weighted by Gasteiger charge is -2.03.